The van der Waals surface area contributed by atoms with Crippen LogP contribution in [0.1, 0.15) is 55.6 Å². The van der Waals surface area contributed by atoms with Gasteiger partial charge >= 0.3 is 0 Å². The van der Waals surface area contributed by atoms with Gasteiger partial charge in [0.15, 0.2) is 5.78 Å². The van der Waals surface area contributed by atoms with Gasteiger partial charge in [-0.2, -0.15) is 0 Å². The van der Waals surface area contributed by atoms with Crippen molar-refractivity contribution >= 4 is 33.3 Å². The molecule has 0 unspecified atom stereocenters. The first-order chi connectivity index (χ1) is 16.8. The lowest BCUT2D eigenvalue weighted by Gasteiger charge is -2.33. The van der Waals surface area contributed by atoms with Gasteiger partial charge in [-0.1, -0.05) is 62.7 Å². The van der Waals surface area contributed by atoms with Crippen molar-refractivity contribution in [1.82, 2.24) is 10.2 Å². The SMILES string of the molecule is CC[C@H](C(=O)NCC(C)C)N(Cc1cccc(C)c1)C(=O)CN(c1cccc(C(C)=O)c1)S(C)(=O)=O. The first-order valence-electron chi connectivity index (χ1n) is 12.0. The number of Topliss-reactive ketones (excluding diaryl/α,β-unsaturated/α-hetero) is 1. The second-order valence-corrected chi connectivity index (χ2v) is 11.4. The average Bonchev–Trinajstić information content (AvgIpc) is 2.80. The third-order valence-corrected chi connectivity index (χ3v) is 6.87. The Morgan fingerprint density at radius 2 is 1.69 bits per heavy atom. The fourth-order valence-electron chi connectivity index (χ4n) is 3.84. The van der Waals surface area contributed by atoms with E-state index in [1.54, 1.807) is 12.1 Å². The fourth-order valence-corrected chi connectivity index (χ4v) is 4.68. The highest BCUT2D eigenvalue weighted by Gasteiger charge is 2.31. The Morgan fingerprint density at radius 1 is 1.03 bits per heavy atom. The predicted octanol–water partition coefficient (Wildman–Crippen LogP) is 3.54. The molecule has 0 saturated heterocycles. The predicted molar refractivity (Wildman–Crippen MR) is 142 cm³/mol. The molecular weight excluding hydrogens is 478 g/mol. The van der Waals surface area contributed by atoms with Crippen LogP contribution >= 0.6 is 0 Å². The molecule has 0 aliphatic carbocycles. The molecule has 36 heavy (non-hydrogen) atoms. The van der Waals surface area contributed by atoms with Crippen molar-refractivity contribution < 1.29 is 22.8 Å². The molecule has 9 heteroatoms. The zero-order chi connectivity index (χ0) is 27.0. The number of anilines is 1. The van der Waals surface area contributed by atoms with Crippen LogP contribution in [0, 0.1) is 12.8 Å². The Kier molecular flexibility index (Phi) is 10.2. The van der Waals surface area contributed by atoms with E-state index in [2.05, 4.69) is 5.32 Å². The lowest BCUT2D eigenvalue weighted by Crippen LogP contribution is -2.52. The van der Waals surface area contributed by atoms with E-state index in [1.807, 2.05) is 52.0 Å². The van der Waals surface area contributed by atoms with E-state index in [0.29, 0.717) is 18.5 Å². The first kappa shape index (κ1) is 29.0. The number of nitrogens with zero attached hydrogens (tertiary/aromatic N) is 2. The van der Waals surface area contributed by atoms with E-state index in [0.717, 1.165) is 21.7 Å². The highest BCUT2D eigenvalue weighted by molar-refractivity contribution is 7.92. The summed E-state index contributed by atoms with van der Waals surface area (Å²) in [5.41, 5.74) is 2.40. The molecule has 0 aliphatic heterocycles. The van der Waals surface area contributed by atoms with Crippen LogP contribution < -0.4 is 9.62 Å². The van der Waals surface area contributed by atoms with E-state index >= 15 is 0 Å². The number of carbonyl (C=O) groups is 3. The number of ketones is 1. The van der Waals surface area contributed by atoms with Crippen LogP contribution in [0.4, 0.5) is 5.69 Å². The molecule has 2 amide bonds. The summed E-state index contributed by atoms with van der Waals surface area (Å²) in [6.07, 6.45) is 1.37. The maximum atomic E-state index is 13.7. The fraction of sp³-hybridized carbons (Fsp3) is 0.444. The van der Waals surface area contributed by atoms with Crippen LogP contribution in [0.15, 0.2) is 48.5 Å². The summed E-state index contributed by atoms with van der Waals surface area (Å²) in [6.45, 7) is 9.23. The largest absolute Gasteiger partial charge is 0.354 e. The Hall–Kier alpha value is -3.20. The average molecular weight is 516 g/mol. The van der Waals surface area contributed by atoms with Crippen molar-refractivity contribution in [3.63, 3.8) is 0 Å². The van der Waals surface area contributed by atoms with Gasteiger partial charge in [-0.25, -0.2) is 8.42 Å². The van der Waals surface area contributed by atoms with Crippen LogP contribution in [0.5, 0.6) is 0 Å². The van der Waals surface area contributed by atoms with Gasteiger partial charge in [-0.3, -0.25) is 18.7 Å². The number of nitrogens with one attached hydrogen (secondary N) is 1. The summed E-state index contributed by atoms with van der Waals surface area (Å²) in [7, 11) is -3.87. The van der Waals surface area contributed by atoms with Crippen molar-refractivity contribution in [2.75, 3.05) is 23.7 Å². The minimum absolute atomic E-state index is 0.152. The molecule has 0 fully saturated rings. The number of carbonyl (C=O) groups excluding carboxylic acids is 3. The molecular formula is C27H37N3O5S. The summed E-state index contributed by atoms with van der Waals surface area (Å²) in [6, 6.07) is 13.0. The van der Waals surface area contributed by atoms with Crippen LogP contribution in [0.2, 0.25) is 0 Å². The maximum Gasteiger partial charge on any atom is 0.244 e. The second-order valence-electron chi connectivity index (χ2n) is 9.45. The smallest absolute Gasteiger partial charge is 0.244 e. The molecule has 2 rings (SSSR count). The minimum Gasteiger partial charge on any atom is -0.354 e. The van der Waals surface area contributed by atoms with Gasteiger partial charge in [0.05, 0.1) is 11.9 Å². The molecule has 0 spiro atoms. The number of benzene rings is 2. The van der Waals surface area contributed by atoms with E-state index in [4.69, 9.17) is 0 Å². The number of amides is 2. The second kappa shape index (κ2) is 12.7. The molecule has 2 aromatic rings. The highest BCUT2D eigenvalue weighted by Crippen LogP contribution is 2.21. The molecule has 2 aromatic carbocycles. The van der Waals surface area contributed by atoms with Gasteiger partial charge in [-0.05, 0) is 43.9 Å². The van der Waals surface area contributed by atoms with Crippen molar-refractivity contribution in [3.8, 4) is 0 Å². The van der Waals surface area contributed by atoms with Gasteiger partial charge in [0.1, 0.15) is 12.6 Å². The quantitative estimate of drug-likeness (QED) is 0.436. The van der Waals surface area contributed by atoms with E-state index < -0.39 is 28.5 Å². The highest BCUT2D eigenvalue weighted by atomic mass is 32.2. The molecule has 1 N–H and O–H groups in total. The minimum atomic E-state index is -3.87. The normalized spacial score (nSPS) is 12.2. The number of hydrogen-bond acceptors (Lipinski definition) is 5. The van der Waals surface area contributed by atoms with Gasteiger partial charge < -0.3 is 10.2 Å². The van der Waals surface area contributed by atoms with Gasteiger partial charge in [-0.15, -0.1) is 0 Å². The van der Waals surface area contributed by atoms with E-state index in [1.165, 1.54) is 24.0 Å². The Labute approximate surface area is 214 Å². The zero-order valence-corrected chi connectivity index (χ0v) is 22.8. The number of sulfonamides is 1. The molecule has 8 nitrogen and oxygen atoms in total. The number of rotatable bonds is 12. The summed E-state index contributed by atoms with van der Waals surface area (Å²) < 4.78 is 26.4. The van der Waals surface area contributed by atoms with Gasteiger partial charge in [0.25, 0.3) is 0 Å². The zero-order valence-electron chi connectivity index (χ0n) is 21.9. The summed E-state index contributed by atoms with van der Waals surface area (Å²) in [4.78, 5) is 40.1. The standard InChI is InChI=1S/C27H37N3O5S/c1-7-25(27(33)28-16-19(2)3)29(17-22-11-8-10-20(4)14-22)26(32)18-30(36(6,34)35)24-13-9-12-23(15-24)21(5)31/h8-15,19,25H,7,16-18H2,1-6H3,(H,28,33)/t25-/m1/s1. The summed E-state index contributed by atoms with van der Waals surface area (Å²) in [5.74, 6) is -0.773. The monoisotopic (exact) mass is 515 g/mol. The van der Waals surface area contributed by atoms with Crippen LogP contribution in [-0.2, 0) is 26.2 Å². The Bertz CT molecular complexity index is 1190. The molecule has 0 saturated carbocycles. The topological polar surface area (TPSA) is 104 Å². The molecule has 0 aromatic heterocycles. The summed E-state index contributed by atoms with van der Waals surface area (Å²) in [5, 5.41) is 2.90. The third-order valence-electron chi connectivity index (χ3n) is 5.73. The van der Waals surface area contributed by atoms with E-state index in [-0.39, 0.29) is 29.8 Å². The van der Waals surface area contributed by atoms with Crippen molar-refractivity contribution in [1.29, 1.82) is 0 Å². The molecule has 0 radical (unpaired) electrons. The van der Waals surface area contributed by atoms with Crippen molar-refractivity contribution in [2.24, 2.45) is 5.92 Å². The third kappa shape index (κ3) is 8.19. The number of aryl methyl sites for hydroxylation is 1. The first-order valence-corrected chi connectivity index (χ1v) is 13.9. The lowest BCUT2D eigenvalue weighted by atomic mass is 10.1. The molecule has 0 heterocycles. The van der Waals surface area contributed by atoms with Crippen LogP contribution in [0.25, 0.3) is 0 Å². The molecule has 196 valence electrons. The van der Waals surface area contributed by atoms with Gasteiger partial charge in [0, 0.05) is 18.7 Å². The molecule has 0 bridgehead atoms. The van der Waals surface area contributed by atoms with Gasteiger partial charge in [0.2, 0.25) is 21.8 Å². The Balaban J connectivity index is 2.46. The van der Waals surface area contributed by atoms with Crippen LogP contribution in [-0.4, -0.2) is 56.3 Å². The summed E-state index contributed by atoms with van der Waals surface area (Å²) >= 11 is 0. The van der Waals surface area contributed by atoms with Crippen molar-refractivity contribution in [3.05, 3.63) is 65.2 Å². The van der Waals surface area contributed by atoms with Crippen molar-refractivity contribution in [2.45, 2.75) is 53.6 Å². The molecule has 0 aliphatic rings. The molecule has 1 atom stereocenters. The lowest BCUT2D eigenvalue weighted by molar-refractivity contribution is -0.140. The van der Waals surface area contributed by atoms with Crippen LogP contribution in [0.3, 0.4) is 0 Å². The van der Waals surface area contributed by atoms with E-state index in [9.17, 15) is 22.8 Å². The maximum absolute atomic E-state index is 13.7. The Morgan fingerprint density at radius 3 is 2.25 bits per heavy atom. The number of hydrogen-bond donors (Lipinski definition) is 1.